The minimum atomic E-state index is -0.849. The lowest BCUT2D eigenvalue weighted by Crippen LogP contribution is -2.29. The normalized spacial score (nSPS) is 18.7. The Morgan fingerprint density at radius 3 is 2.13 bits per heavy atom. The van der Waals surface area contributed by atoms with E-state index in [1.54, 1.807) is 55.5 Å². The van der Waals surface area contributed by atoms with E-state index in [4.69, 9.17) is 9.47 Å². The van der Waals surface area contributed by atoms with Crippen LogP contribution in [-0.4, -0.2) is 19.5 Å². The van der Waals surface area contributed by atoms with Crippen molar-refractivity contribution in [2.45, 2.75) is 25.6 Å². The molecule has 1 aliphatic heterocycles. The van der Waals surface area contributed by atoms with E-state index in [1.807, 2.05) is 6.07 Å². The van der Waals surface area contributed by atoms with Crippen LogP contribution in [0.5, 0.6) is 0 Å². The van der Waals surface area contributed by atoms with Gasteiger partial charge in [-0.25, -0.2) is 13.2 Å². The van der Waals surface area contributed by atoms with Crippen molar-refractivity contribution in [3.05, 3.63) is 95.8 Å². The van der Waals surface area contributed by atoms with Crippen LogP contribution >= 0.6 is 0 Å². The molecule has 3 aromatic rings. The van der Waals surface area contributed by atoms with E-state index in [0.717, 1.165) is 5.56 Å². The number of halogens is 3. The largest absolute Gasteiger partial charge is 0.348 e. The monoisotopic (exact) mass is 424 g/mol. The van der Waals surface area contributed by atoms with Crippen LogP contribution in [0.1, 0.15) is 24.0 Å². The second-order valence-corrected chi connectivity index (χ2v) is 7.54. The van der Waals surface area contributed by atoms with Gasteiger partial charge in [0.1, 0.15) is 5.82 Å². The van der Waals surface area contributed by atoms with Gasteiger partial charge in [0.2, 0.25) is 0 Å². The predicted octanol–water partition coefficient (Wildman–Crippen LogP) is 6.64. The number of benzene rings is 3. The maximum Gasteiger partial charge on any atom is 0.176 e. The Bertz CT molecular complexity index is 1080. The quantitative estimate of drug-likeness (QED) is 0.427. The van der Waals surface area contributed by atoms with Crippen molar-refractivity contribution in [3.63, 3.8) is 0 Å². The van der Waals surface area contributed by atoms with Gasteiger partial charge in [-0.15, -0.1) is 0 Å². The van der Waals surface area contributed by atoms with E-state index in [-0.39, 0.29) is 17.3 Å². The van der Waals surface area contributed by atoms with Gasteiger partial charge in [0.05, 0.1) is 13.2 Å². The Morgan fingerprint density at radius 2 is 1.52 bits per heavy atom. The summed E-state index contributed by atoms with van der Waals surface area (Å²) in [6.45, 7) is 6.13. The molecule has 3 aromatic carbocycles. The highest BCUT2D eigenvalue weighted by Crippen LogP contribution is 2.31. The molecular formula is C26H23F3O2. The summed E-state index contributed by atoms with van der Waals surface area (Å²) in [6.07, 6.45) is 1.54. The summed E-state index contributed by atoms with van der Waals surface area (Å²) in [5, 5.41) is 0. The molecule has 1 heterocycles. The molecule has 0 atom stereocenters. The highest BCUT2D eigenvalue weighted by atomic mass is 19.2. The molecule has 0 unspecified atom stereocenters. The molecule has 0 amide bonds. The minimum Gasteiger partial charge on any atom is -0.348 e. The molecule has 160 valence electrons. The zero-order chi connectivity index (χ0) is 22.0. The standard InChI is InChI=1S/C26H23F3O2/c1-3-16-9-12-22(26(29)25(16)28)18-7-5-17(6-8-18)19-10-11-21(23(27)13-19)20-14-30-24(4-2)31-15-20/h4-13,20,24H,2-3,14-15H2,1H3. The summed E-state index contributed by atoms with van der Waals surface area (Å²) < 4.78 is 54.3. The van der Waals surface area contributed by atoms with Crippen LogP contribution in [0.25, 0.3) is 22.3 Å². The molecule has 1 saturated heterocycles. The van der Waals surface area contributed by atoms with Gasteiger partial charge in [-0.2, -0.15) is 0 Å². The Hall–Kier alpha value is -2.89. The molecule has 1 fully saturated rings. The Morgan fingerprint density at radius 1 is 0.871 bits per heavy atom. The van der Waals surface area contributed by atoms with E-state index in [2.05, 4.69) is 6.58 Å². The van der Waals surface area contributed by atoms with Crippen LogP contribution in [0.4, 0.5) is 13.2 Å². The average molecular weight is 424 g/mol. The number of rotatable bonds is 5. The highest BCUT2D eigenvalue weighted by Gasteiger charge is 2.24. The predicted molar refractivity (Wildman–Crippen MR) is 115 cm³/mol. The van der Waals surface area contributed by atoms with Crippen molar-refractivity contribution >= 4 is 0 Å². The van der Waals surface area contributed by atoms with Gasteiger partial charge in [0.15, 0.2) is 17.9 Å². The number of aryl methyl sites for hydroxylation is 1. The molecule has 0 aromatic heterocycles. The summed E-state index contributed by atoms with van der Waals surface area (Å²) in [7, 11) is 0. The average Bonchev–Trinajstić information content (AvgIpc) is 2.81. The summed E-state index contributed by atoms with van der Waals surface area (Å²) in [5.74, 6) is -2.18. The Balaban J connectivity index is 1.55. The Kier molecular flexibility index (Phi) is 6.25. The van der Waals surface area contributed by atoms with Crippen molar-refractivity contribution in [3.8, 4) is 22.3 Å². The summed E-state index contributed by atoms with van der Waals surface area (Å²) >= 11 is 0. The van der Waals surface area contributed by atoms with Gasteiger partial charge in [0.25, 0.3) is 0 Å². The third-order valence-corrected chi connectivity index (χ3v) is 5.63. The van der Waals surface area contributed by atoms with Gasteiger partial charge in [0, 0.05) is 11.5 Å². The maximum absolute atomic E-state index is 14.8. The zero-order valence-electron chi connectivity index (χ0n) is 17.2. The van der Waals surface area contributed by atoms with Gasteiger partial charge in [-0.3, -0.25) is 0 Å². The van der Waals surface area contributed by atoms with Crippen molar-refractivity contribution in [1.29, 1.82) is 0 Å². The van der Waals surface area contributed by atoms with E-state index in [0.29, 0.717) is 41.9 Å². The molecule has 5 heteroatoms. The molecule has 0 radical (unpaired) electrons. The van der Waals surface area contributed by atoms with Crippen molar-refractivity contribution in [1.82, 2.24) is 0 Å². The van der Waals surface area contributed by atoms with E-state index >= 15 is 0 Å². The fourth-order valence-corrected chi connectivity index (χ4v) is 3.80. The molecule has 0 N–H and O–H groups in total. The second-order valence-electron chi connectivity index (χ2n) is 7.54. The highest BCUT2D eigenvalue weighted by molar-refractivity contribution is 5.71. The zero-order valence-corrected chi connectivity index (χ0v) is 17.2. The molecule has 0 saturated carbocycles. The van der Waals surface area contributed by atoms with Gasteiger partial charge >= 0.3 is 0 Å². The van der Waals surface area contributed by atoms with E-state index in [9.17, 15) is 13.2 Å². The lowest BCUT2D eigenvalue weighted by Gasteiger charge is -2.28. The van der Waals surface area contributed by atoms with Crippen molar-refractivity contribution < 1.29 is 22.6 Å². The molecule has 4 rings (SSSR count). The third kappa shape index (κ3) is 4.29. The van der Waals surface area contributed by atoms with Crippen LogP contribution in [0.2, 0.25) is 0 Å². The van der Waals surface area contributed by atoms with Crippen molar-refractivity contribution in [2.75, 3.05) is 13.2 Å². The third-order valence-electron chi connectivity index (χ3n) is 5.63. The van der Waals surface area contributed by atoms with E-state index in [1.165, 1.54) is 6.07 Å². The van der Waals surface area contributed by atoms with Crippen LogP contribution in [0.3, 0.4) is 0 Å². The topological polar surface area (TPSA) is 18.5 Å². The van der Waals surface area contributed by atoms with Crippen molar-refractivity contribution in [2.24, 2.45) is 0 Å². The molecular weight excluding hydrogens is 401 g/mol. The van der Waals surface area contributed by atoms with Crippen LogP contribution in [0, 0.1) is 17.5 Å². The first-order chi connectivity index (χ1) is 15.0. The number of hydrogen-bond acceptors (Lipinski definition) is 2. The SMILES string of the molecule is C=CC1OCC(c2ccc(-c3ccc(-c4ccc(CC)c(F)c4F)cc3)cc2F)CO1. The first kappa shape index (κ1) is 21.3. The first-order valence-corrected chi connectivity index (χ1v) is 10.2. The molecule has 0 spiro atoms. The fourth-order valence-electron chi connectivity index (χ4n) is 3.80. The van der Waals surface area contributed by atoms with Gasteiger partial charge < -0.3 is 9.47 Å². The molecule has 2 nitrogen and oxygen atoms in total. The molecule has 1 aliphatic rings. The number of hydrogen-bond donors (Lipinski definition) is 0. The maximum atomic E-state index is 14.8. The summed E-state index contributed by atoms with van der Waals surface area (Å²) in [6, 6.07) is 15.2. The Labute approximate surface area is 179 Å². The molecule has 0 bridgehead atoms. The first-order valence-electron chi connectivity index (χ1n) is 10.2. The number of ether oxygens (including phenoxy) is 2. The molecule has 0 aliphatic carbocycles. The minimum absolute atomic E-state index is 0.184. The lowest BCUT2D eigenvalue weighted by atomic mass is 9.95. The molecule has 31 heavy (non-hydrogen) atoms. The van der Waals surface area contributed by atoms with E-state index < -0.39 is 17.9 Å². The fraction of sp³-hybridized carbons (Fsp3) is 0.231. The second kappa shape index (κ2) is 9.08. The van der Waals surface area contributed by atoms with Gasteiger partial charge in [-0.05, 0) is 46.4 Å². The smallest absolute Gasteiger partial charge is 0.176 e. The van der Waals surface area contributed by atoms with Crippen LogP contribution < -0.4 is 0 Å². The van der Waals surface area contributed by atoms with Crippen LogP contribution in [-0.2, 0) is 15.9 Å². The van der Waals surface area contributed by atoms with Gasteiger partial charge in [-0.1, -0.05) is 62.0 Å². The summed E-state index contributed by atoms with van der Waals surface area (Å²) in [5.41, 5.74) is 3.13. The lowest BCUT2D eigenvalue weighted by molar-refractivity contribution is -0.159. The summed E-state index contributed by atoms with van der Waals surface area (Å²) in [4.78, 5) is 0. The van der Waals surface area contributed by atoms with Crippen LogP contribution in [0.15, 0.2) is 67.3 Å².